The van der Waals surface area contributed by atoms with Crippen molar-refractivity contribution in [1.29, 1.82) is 0 Å². The number of likely N-dealkylation sites (N-methyl/N-ethyl adjacent to an activating group) is 1. The molecule has 0 heterocycles. The number of hydrogen-bond acceptors (Lipinski definition) is 2. The normalized spacial score (nSPS) is 10.8. The zero-order valence-electron chi connectivity index (χ0n) is 11.9. The Morgan fingerprint density at radius 3 is 1.95 bits per heavy atom. The lowest BCUT2D eigenvalue weighted by Gasteiger charge is -2.17. The quantitative estimate of drug-likeness (QED) is 0.643. The SMILES string of the molecule is CNCCOB(c1cc(Cl)ccc1F)c1cc(Cl)ccc1F. The fourth-order valence-electron chi connectivity index (χ4n) is 2.06. The maximum Gasteiger partial charge on any atom is 0.367 e. The highest BCUT2D eigenvalue weighted by Crippen LogP contribution is 2.12. The summed E-state index contributed by atoms with van der Waals surface area (Å²) < 4.78 is 33.9. The second kappa shape index (κ2) is 7.93. The van der Waals surface area contributed by atoms with Crippen molar-refractivity contribution in [2.75, 3.05) is 20.2 Å². The molecular weight excluding hydrogens is 330 g/mol. The summed E-state index contributed by atoms with van der Waals surface area (Å²) in [6.07, 6.45) is 0. The molecule has 0 amide bonds. The van der Waals surface area contributed by atoms with Crippen LogP contribution in [0.25, 0.3) is 0 Å². The number of rotatable bonds is 6. The number of nitrogens with one attached hydrogen (secondary N) is 1. The van der Waals surface area contributed by atoms with Crippen LogP contribution in [0.3, 0.4) is 0 Å². The molecule has 0 radical (unpaired) electrons. The predicted molar refractivity (Wildman–Crippen MR) is 87.7 cm³/mol. The van der Waals surface area contributed by atoms with Crippen LogP contribution in [0.5, 0.6) is 0 Å². The van der Waals surface area contributed by atoms with Gasteiger partial charge in [0.25, 0.3) is 0 Å². The first-order valence-corrected chi connectivity index (χ1v) is 7.44. The highest BCUT2D eigenvalue weighted by molar-refractivity contribution is 6.80. The molecule has 0 fully saturated rings. The van der Waals surface area contributed by atoms with Gasteiger partial charge >= 0.3 is 6.92 Å². The van der Waals surface area contributed by atoms with Crippen molar-refractivity contribution in [2.45, 2.75) is 0 Å². The van der Waals surface area contributed by atoms with Gasteiger partial charge < -0.3 is 9.97 Å². The molecule has 2 nitrogen and oxygen atoms in total. The van der Waals surface area contributed by atoms with Crippen LogP contribution in [0.15, 0.2) is 36.4 Å². The molecule has 1 N–H and O–H groups in total. The maximum absolute atomic E-state index is 14.1. The average molecular weight is 344 g/mol. The maximum atomic E-state index is 14.1. The molecule has 0 aliphatic rings. The van der Waals surface area contributed by atoms with Gasteiger partial charge in [-0.1, -0.05) is 23.2 Å². The minimum atomic E-state index is -0.925. The summed E-state index contributed by atoms with van der Waals surface area (Å²) in [5.41, 5.74) is 0.342. The summed E-state index contributed by atoms with van der Waals surface area (Å²) in [5, 5.41) is 3.61. The van der Waals surface area contributed by atoms with E-state index in [2.05, 4.69) is 5.32 Å². The first kappa shape index (κ1) is 17.2. The van der Waals surface area contributed by atoms with E-state index in [4.69, 9.17) is 27.9 Å². The third kappa shape index (κ3) is 4.20. The molecule has 0 aliphatic carbocycles. The van der Waals surface area contributed by atoms with Crippen molar-refractivity contribution in [2.24, 2.45) is 0 Å². The van der Waals surface area contributed by atoms with Gasteiger partial charge in [-0.3, -0.25) is 0 Å². The largest absolute Gasteiger partial charge is 0.425 e. The van der Waals surface area contributed by atoms with Gasteiger partial charge in [0.05, 0.1) is 0 Å². The van der Waals surface area contributed by atoms with Gasteiger partial charge in [-0.05, 0) is 54.4 Å². The third-order valence-electron chi connectivity index (χ3n) is 3.12. The monoisotopic (exact) mass is 343 g/mol. The fraction of sp³-hybridized carbons (Fsp3) is 0.200. The molecule has 22 heavy (non-hydrogen) atoms. The Balaban J connectivity index is 2.46. The molecule has 116 valence electrons. The van der Waals surface area contributed by atoms with Crippen LogP contribution in [0.4, 0.5) is 8.78 Å². The summed E-state index contributed by atoms with van der Waals surface area (Å²) >= 11 is 11.9. The van der Waals surface area contributed by atoms with Crippen molar-refractivity contribution in [1.82, 2.24) is 5.32 Å². The Labute approximate surface area is 138 Å². The fourth-order valence-corrected chi connectivity index (χ4v) is 2.42. The lowest BCUT2D eigenvalue weighted by Crippen LogP contribution is -2.49. The van der Waals surface area contributed by atoms with Gasteiger partial charge in [0, 0.05) is 23.2 Å². The van der Waals surface area contributed by atoms with Crippen molar-refractivity contribution in [3.05, 3.63) is 58.1 Å². The Hall–Kier alpha value is -1.14. The van der Waals surface area contributed by atoms with Gasteiger partial charge in [0.15, 0.2) is 0 Å². The third-order valence-corrected chi connectivity index (χ3v) is 3.59. The molecule has 7 heteroatoms. The lowest BCUT2D eigenvalue weighted by molar-refractivity contribution is 0.332. The predicted octanol–water partition coefficient (Wildman–Crippen LogP) is 2.61. The summed E-state index contributed by atoms with van der Waals surface area (Å²) in [7, 11) is 1.76. The Kier molecular flexibility index (Phi) is 6.21. The van der Waals surface area contributed by atoms with Crippen LogP contribution >= 0.6 is 23.2 Å². The smallest absolute Gasteiger partial charge is 0.367 e. The van der Waals surface area contributed by atoms with Crippen LogP contribution in [0, 0.1) is 11.6 Å². The topological polar surface area (TPSA) is 21.3 Å². The van der Waals surface area contributed by atoms with E-state index >= 15 is 0 Å². The molecule has 0 aromatic heterocycles. The van der Waals surface area contributed by atoms with Crippen LogP contribution in [-0.2, 0) is 4.65 Å². The van der Waals surface area contributed by atoms with Gasteiger partial charge in [-0.15, -0.1) is 0 Å². The summed E-state index contributed by atoms with van der Waals surface area (Å²) in [5.74, 6) is -1.03. The molecule has 0 bridgehead atoms. The van der Waals surface area contributed by atoms with E-state index in [1.807, 2.05) is 0 Å². The zero-order valence-corrected chi connectivity index (χ0v) is 13.4. The molecule has 0 unspecified atom stereocenters. The van der Waals surface area contributed by atoms with Gasteiger partial charge in [0.1, 0.15) is 11.6 Å². The highest BCUT2D eigenvalue weighted by Gasteiger charge is 2.28. The van der Waals surface area contributed by atoms with E-state index in [1.54, 1.807) is 7.05 Å². The summed E-state index contributed by atoms with van der Waals surface area (Å²) in [6.45, 7) is -0.106. The van der Waals surface area contributed by atoms with E-state index < -0.39 is 18.6 Å². The molecule has 0 saturated heterocycles. The molecular formula is C15H14BCl2F2NO. The van der Waals surface area contributed by atoms with E-state index in [9.17, 15) is 8.78 Å². The molecule has 2 rings (SSSR count). The van der Waals surface area contributed by atoms with Gasteiger partial charge in [-0.25, -0.2) is 8.78 Å². The van der Waals surface area contributed by atoms with Crippen molar-refractivity contribution in [3.63, 3.8) is 0 Å². The first-order chi connectivity index (χ1) is 10.5. The Bertz CT molecular complexity index is 606. The Morgan fingerprint density at radius 2 is 1.50 bits per heavy atom. The van der Waals surface area contributed by atoms with Crippen molar-refractivity contribution < 1.29 is 13.4 Å². The van der Waals surface area contributed by atoms with E-state index in [0.717, 1.165) is 0 Å². The highest BCUT2D eigenvalue weighted by atomic mass is 35.5. The zero-order chi connectivity index (χ0) is 16.1. The number of benzene rings is 2. The second-order valence-corrected chi connectivity index (χ2v) is 5.56. The second-order valence-electron chi connectivity index (χ2n) is 4.69. The summed E-state index contributed by atoms with van der Waals surface area (Å²) in [4.78, 5) is 0. The van der Waals surface area contributed by atoms with Crippen LogP contribution in [0.1, 0.15) is 0 Å². The van der Waals surface area contributed by atoms with Gasteiger partial charge in [0.2, 0.25) is 0 Å². The summed E-state index contributed by atoms with van der Waals surface area (Å²) in [6, 6.07) is 8.18. The van der Waals surface area contributed by atoms with Crippen LogP contribution in [0.2, 0.25) is 10.0 Å². The minimum absolute atomic E-state index is 0.171. The molecule has 0 aliphatic heterocycles. The standard InChI is InChI=1S/C15H14BCl2F2NO/c1-21-6-7-22-16(12-8-10(17)2-4-14(12)19)13-9-11(18)3-5-15(13)20/h2-5,8-9,21H,6-7H2,1H3. The minimum Gasteiger partial charge on any atom is -0.425 e. The number of hydrogen-bond donors (Lipinski definition) is 1. The van der Waals surface area contributed by atoms with Crippen molar-refractivity contribution in [3.8, 4) is 0 Å². The average Bonchev–Trinajstić information content (AvgIpc) is 2.49. The Morgan fingerprint density at radius 1 is 1.00 bits per heavy atom. The number of halogens is 4. The lowest BCUT2D eigenvalue weighted by atomic mass is 9.55. The molecule has 0 saturated carbocycles. The van der Waals surface area contributed by atoms with Crippen LogP contribution < -0.4 is 16.2 Å². The van der Waals surface area contributed by atoms with Gasteiger partial charge in [-0.2, -0.15) is 0 Å². The van der Waals surface area contributed by atoms with Crippen LogP contribution in [-0.4, -0.2) is 27.1 Å². The van der Waals surface area contributed by atoms with E-state index in [1.165, 1.54) is 36.4 Å². The van der Waals surface area contributed by atoms with E-state index in [0.29, 0.717) is 16.6 Å². The molecule has 0 atom stereocenters. The molecule has 2 aromatic carbocycles. The van der Waals surface area contributed by atoms with Crippen molar-refractivity contribution >= 4 is 41.0 Å². The first-order valence-electron chi connectivity index (χ1n) is 6.69. The molecule has 2 aromatic rings. The van der Waals surface area contributed by atoms with E-state index in [-0.39, 0.29) is 17.5 Å². The molecule has 0 spiro atoms.